The molecule has 6 nitrogen and oxygen atoms in total. The number of fused-ring (bicyclic) bond motifs is 3. The van der Waals surface area contributed by atoms with E-state index in [4.69, 9.17) is 0 Å². The summed E-state index contributed by atoms with van der Waals surface area (Å²) in [6, 6.07) is 0.568. The predicted octanol–water partition coefficient (Wildman–Crippen LogP) is 1.05. The number of rotatable bonds is 1. The first-order valence-electron chi connectivity index (χ1n) is 7.34. The minimum absolute atomic E-state index is 0.101. The van der Waals surface area contributed by atoms with Gasteiger partial charge in [0.2, 0.25) is 5.91 Å². The van der Waals surface area contributed by atoms with Crippen LogP contribution in [0.4, 0.5) is 19.0 Å². The molecular formula is C15H15F3N4O2. The van der Waals surface area contributed by atoms with Crippen LogP contribution in [0.15, 0.2) is 24.9 Å². The highest BCUT2D eigenvalue weighted by Crippen LogP contribution is 2.33. The SMILES string of the molecule is C=CC(=O)N1CCN2c3ncc(C(F)(F)F)cc3C(=O)NC[C@H]2C1. The summed E-state index contributed by atoms with van der Waals surface area (Å²) in [5, 5.41) is 2.60. The smallest absolute Gasteiger partial charge is 0.350 e. The van der Waals surface area contributed by atoms with Crippen LogP contribution in [0.25, 0.3) is 0 Å². The van der Waals surface area contributed by atoms with Crippen molar-refractivity contribution in [3.63, 3.8) is 0 Å². The summed E-state index contributed by atoms with van der Waals surface area (Å²) >= 11 is 0. The molecule has 3 rings (SSSR count). The second-order valence-corrected chi connectivity index (χ2v) is 5.64. The Balaban J connectivity index is 1.95. The quantitative estimate of drug-likeness (QED) is 0.776. The van der Waals surface area contributed by atoms with E-state index < -0.39 is 17.6 Å². The Kier molecular flexibility index (Phi) is 3.94. The second-order valence-electron chi connectivity index (χ2n) is 5.64. The number of nitrogens with zero attached hydrogens (tertiary/aromatic N) is 3. The summed E-state index contributed by atoms with van der Waals surface area (Å²) in [4.78, 5) is 31.2. The van der Waals surface area contributed by atoms with E-state index in [1.54, 1.807) is 9.80 Å². The second kappa shape index (κ2) is 5.81. The Morgan fingerprint density at radius 1 is 1.42 bits per heavy atom. The Morgan fingerprint density at radius 2 is 2.17 bits per heavy atom. The third kappa shape index (κ3) is 2.81. The van der Waals surface area contributed by atoms with Crippen LogP contribution in [0.3, 0.4) is 0 Å². The lowest BCUT2D eigenvalue weighted by molar-refractivity contribution is -0.137. The molecule has 0 spiro atoms. The molecule has 24 heavy (non-hydrogen) atoms. The average molecular weight is 340 g/mol. The van der Waals surface area contributed by atoms with E-state index in [1.165, 1.54) is 6.08 Å². The number of alkyl halides is 3. The van der Waals surface area contributed by atoms with Crippen molar-refractivity contribution in [2.75, 3.05) is 31.1 Å². The van der Waals surface area contributed by atoms with Crippen molar-refractivity contribution in [1.29, 1.82) is 0 Å². The van der Waals surface area contributed by atoms with E-state index in [9.17, 15) is 22.8 Å². The van der Waals surface area contributed by atoms with Crippen LogP contribution >= 0.6 is 0 Å². The van der Waals surface area contributed by atoms with Gasteiger partial charge in [-0.25, -0.2) is 4.98 Å². The highest BCUT2D eigenvalue weighted by atomic mass is 19.4. The predicted molar refractivity (Wildman–Crippen MR) is 79.5 cm³/mol. The zero-order valence-electron chi connectivity index (χ0n) is 12.6. The molecule has 3 heterocycles. The normalized spacial score (nSPS) is 20.6. The van der Waals surface area contributed by atoms with Gasteiger partial charge in [-0.3, -0.25) is 9.59 Å². The van der Waals surface area contributed by atoms with Gasteiger partial charge in [0.1, 0.15) is 5.82 Å². The number of piperazine rings is 1. The maximum atomic E-state index is 12.9. The lowest BCUT2D eigenvalue weighted by atomic mass is 10.1. The number of halogens is 3. The van der Waals surface area contributed by atoms with Crippen LogP contribution in [0.2, 0.25) is 0 Å². The average Bonchev–Trinajstić information content (AvgIpc) is 2.70. The number of pyridine rings is 1. The van der Waals surface area contributed by atoms with Gasteiger partial charge in [0.25, 0.3) is 5.91 Å². The number of nitrogens with one attached hydrogen (secondary N) is 1. The molecule has 1 N–H and O–H groups in total. The molecule has 0 aliphatic carbocycles. The minimum atomic E-state index is -4.57. The summed E-state index contributed by atoms with van der Waals surface area (Å²) < 4.78 is 38.6. The van der Waals surface area contributed by atoms with Crippen molar-refractivity contribution in [3.05, 3.63) is 36.0 Å². The van der Waals surface area contributed by atoms with Crippen molar-refractivity contribution >= 4 is 17.6 Å². The molecule has 0 radical (unpaired) electrons. The molecule has 1 aromatic rings. The van der Waals surface area contributed by atoms with Gasteiger partial charge in [-0.05, 0) is 12.1 Å². The number of hydrogen-bond acceptors (Lipinski definition) is 4. The molecule has 1 saturated heterocycles. The zero-order chi connectivity index (χ0) is 17.5. The lowest BCUT2D eigenvalue weighted by Gasteiger charge is -2.41. The van der Waals surface area contributed by atoms with Crippen LogP contribution in [-0.4, -0.2) is 53.9 Å². The molecule has 2 aliphatic rings. The molecule has 9 heteroatoms. The van der Waals surface area contributed by atoms with Crippen molar-refractivity contribution < 1.29 is 22.8 Å². The molecule has 0 aromatic carbocycles. The van der Waals surface area contributed by atoms with E-state index in [1.807, 2.05) is 0 Å². The third-order valence-corrected chi connectivity index (χ3v) is 4.18. The molecule has 128 valence electrons. The van der Waals surface area contributed by atoms with Crippen molar-refractivity contribution in [2.24, 2.45) is 0 Å². The first-order chi connectivity index (χ1) is 11.3. The Hall–Kier alpha value is -2.58. The number of hydrogen-bond donors (Lipinski definition) is 1. The fourth-order valence-corrected chi connectivity index (χ4v) is 2.95. The number of aromatic nitrogens is 1. The van der Waals surface area contributed by atoms with Gasteiger partial charge in [0.15, 0.2) is 0 Å². The van der Waals surface area contributed by atoms with Crippen LogP contribution in [-0.2, 0) is 11.0 Å². The van der Waals surface area contributed by atoms with Crippen LogP contribution in [0.1, 0.15) is 15.9 Å². The molecule has 2 aliphatic heterocycles. The molecule has 0 bridgehead atoms. The molecule has 1 fully saturated rings. The van der Waals surface area contributed by atoms with E-state index >= 15 is 0 Å². The fraction of sp³-hybridized carbons (Fsp3) is 0.400. The van der Waals surface area contributed by atoms with Gasteiger partial charge in [-0.2, -0.15) is 13.2 Å². The number of carbonyl (C=O) groups is 2. The first kappa shape index (κ1) is 16.3. The van der Waals surface area contributed by atoms with E-state index in [0.717, 1.165) is 12.3 Å². The number of amides is 2. The van der Waals surface area contributed by atoms with Gasteiger partial charge < -0.3 is 15.1 Å². The molecule has 2 amide bonds. The first-order valence-corrected chi connectivity index (χ1v) is 7.34. The molecule has 1 atom stereocenters. The highest BCUT2D eigenvalue weighted by Gasteiger charge is 2.37. The Morgan fingerprint density at radius 3 is 2.83 bits per heavy atom. The van der Waals surface area contributed by atoms with Crippen molar-refractivity contribution in [2.45, 2.75) is 12.2 Å². The van der Waals surface area contributed by atoms with Crippen LogP contribution in [0, 0.1) is 0 Å². The van der Waals surface area contributed by atoms with E-state index in [2.05, 4.69) is 16.9 Å². The monoisotopic (exact) mass is 340 g/mol. The summed E-state index contributed by atoms with van der Waals surface area (Å²) in [6.45, 7) is 4.77. The summed E-state index contributed by atoms with van der Waals surface area (Å²) in [5.74, 6) is -0.598. The van der Waals surface area contributed by atoms with Crippen LogP contribution in [0.5, 0.6) is 0 Å². The Labute approximate surface area is 135 Å². The molecule has 1 aromatic heterocycles. The lowest BCUT2D eigenvalue weighted by Crippen LogP contribution is -2.57. The molecule has 0 unspecified atom stereocenters. The maximum absolute atomic E-state index is 12.9. The van der Waals surface area contributed by atoms with E-state index in [-0.39, 0.29) is 29.9 Å². The van der Waals surface area contributed by atoms with E-state index in [0.29, 0.717) is 19.6 Å². The highest BCUT2D eigenvalue weighted by molar-refractivity contribution is 6.00. The van der Waals surface area contributed by atoms with Gasteiger partial charge >= 0.3 is 6.18 Å². The summed E-state index contributed by atoms with van der Waals surface area (Å²) in [7, 11) is 0. The summed E-state index contributed by atoms with van der Waals surface area (Å²) in [5.41, 5.74) is -1.06. The van der Waals surface area contributed by atoms with Crippen molar-refractivity contribution in [1.82, 2.24) is 15.2 Å². The van der Waals surface area contributed by atoms with Crippen LogP contribution < -0.4 is 10.2 Å². The number of anilines is 1. The van der Waals surface area contributed by atoms with Gasteiger partial charge in [0, 0.05) is 32.4 Å². The Bertz CT molecular complexity index is 704. The van der Waals surface area contributed by atoms with Crippen molar-refractivity contribution in [3.8, 4) is 0 Å². The largest absolute Gasteiger partial charge is 0.417 e. The maximum Gasteiger partial charge on any atom is 0.417 e. The fourth-order valence-electron chi connectivity index (χ4n) is 2.95. The zero-order valence-corrected chi connectivity index (χ0v) is 12.6. The van der Waals surface area contributed by atoms with Gasteiger partial charge in [-0.1, -0.05) is 6.58 Å². The number of carbonyl (C=O) groups excluding carboxylic acids is 2. The van der Waals surface area contributed by atoms with Gasteiger partial charge in [0.05, 0.1) is 17.2 Å². The topological polar surface area (TPSA) is 65.5 Å². The minimum Gasteiger partial charge on any atom is -0.350 e. The van der Waals surface area contributed by atoms with Gasteiger partial charge in [-0.15, -0.1) is 0 Å². The standard InChI is InChI=1S/C15H15F3N4O2/c1-2-12(23)21-3-4-22-10(8-21)7-20-14(24)11-5-9(15(16,17)18)6-19-13(11)22/h2,5-6,10H,1,3-4,7-8H2,(H,20,24)/t10-/m0/s1. The third-order valence-electron chi connectivity index (χ3n) is 4.18. The summed E-state index contributed by atoms with van der Waals surface area (Å²) in [6.07, 6.45) is -2.62. The molecule has 0 saturated carbocycles. The molecular weight excluding hydrogens is 325 g/mol.